The van der Waals surface area contributed by atoms with Crippen molar-refractivity contribution in [2.24, 2.45) is 4.99 Å². The second-order valence-electron chi connectivity index (χ2n) is 6.71. The van der Waals surface area contributed by atoms with E-state index >= 15 is 0 Å². The Labute approximate surface area is 185 Å². The van der Waals surface area contributed by atoms with E-state index < -0.39 is 0 Å². The van der Waals surface area contributed by atoms with Crippen LogP contribution in [0, 0.1) is 6.92 Å². The SMILES string of the molecule is CN=C(NCCc1ccc(C)nc1)N1CCN(c2cccc(OC)c2)CC1.I. The van der Waals surface area contributed by atoms with Crippen molar-refractivity contribution in [1.82, 2.24) is 15.2 Å². The van der Waals surface area contributed by atoms with Crippen molar-refractivity contribution in [1.29, 1.82) is 0 Å². The Hall–Kier alpha value is -2.03. The molecule has 0 amide bonds. The summed E-state index contributed by atoms with van der Waals surface area (Å²) in [6.07, 6.45) is 2.89. The van der Waals surface area contributed by atoms with Gasteiger partial charge in [0.1, 0.15) is 5.75 Å². The molecule has 2 aromatic rings. The van der Waals surface area contributed by atoms with E-state index in [-0.39, 0.29) is 24.0 Å². The molecule has 1 aromatic carbocycles. The molecule has 3 rings (SSSR count). The zero-order valence-electron chi connectivity index (χ0n) is 16.9. The molecular formula is C21H30IN5O. The third-order valence-corrected chi connectivity index (χ3v) is 4.88. The Morgan fingerprint density at radius 3 is 2.61 bits per heavy atom. The van der Waals surface area contributed by atoms with Gasteiger partial charge < -0.3 is 19.9 Å². The summed E-state index contributed by atoms with van der Waals surface area (Å²) in [6, 6.07) is 12.5. The van der Waals surface area contributed by atoms with Gasteiger partial charge in [0.15, 0.2) is 5.96 Å². The average Bonchev–Trinajstić information content (AvgIpc) is 2.73. The van der Waals surface area contributed by atoms with E-state index in [0.717, 1.165) is 56.5 Å². The van der Waals surface area contributed by atoms with Crippen LogP contribution in [0.15, 0.2) is 47.6 Å². The van der Waals surface area contributed by atoms with Gasteiger partial charge in [0.05, 0.1) is 7.11 Å². The molecule has 7 heteroatoms. The monoisotopic (exact) mass is 495 g/mol. The van der Waals surface area contributed by atoms with Crippen LogP contribution in [-0.4, -0.2) is 62.7 Å². The molecule has 1 aromatic heterocycles. The minimum Gasteiger partial charge on any atom is -0.497 e. The van der Waals surface area contributed by atoms with Crippen LogP contribution in [-0.2, 0) is 6.42 Å². The molecule has 0 aliphatic carbocycles. The van der Waals surface area contributed by atoms with E-state index in [0.29, 0.717) is 0 Å². The number of anilines is 1. The van der Waals surface area contributed by atoms with Crippen molar-refractivity contribution in [3.63, 3.8) is 0 Å². The highest BCUT2D eigenvalue weighted by Crippen LogP contribution is 2.22. The molecule has 0 atom stereocenters. The Balaban J connectivity index is 0.00000280. The van der Waals surface area contributed by atoms with Crippen molar-refractivity contribution in [2.75, 3.05) is 51.8 Å². The molecule has 1 aliphatic rings. The summed E-state index contributed by atoms with van der Waals surface area (Å²) in [5.74, 6) is 1.87. The van der Waals surface area contributed by atoms with Crippen LogP contribution in [0.25, 0.3) is 0 Å². The number of benzene rings is 1. The highest BCUT2D eigenvalue weighted by molar-refractivity contribution is 14.0. The predicted molar refractivity (Wildman–Crippen MR) is 126 cm³/mol. The maximum Gasteiger partial charge on any atom is 0.193 e. The normalized spacial score (nSPS) is 14.5. The smallest absolute Gasteiger partial charge is 0.193 e. The van der Waals surface area contributed by atoms with E-state index in [9.17, 15) is 0 Å². The standard InChI is InChI=1S/C21H29N5O.HI/c1-17-7-8-18(16-24-17)9-10-23-21(22-2)26-13-11-25(12-14-26)19-5-4-6-20(15-19)27-3;/h4-8,15-16H,9-14H2,1-3H3,(H,22,23);1H. The van der Waals surface area contributed by atoms with Gasteiger partial charge in [-0.05, 0) is 37.1 Å². The molecule has 1 aliphatic heterocycles. The van der Waals surface area contributed by atoms with Crippen molar-refractivity contribution in [3.05, 3.63) is 53.9 Å². The molecule has 0 unspecified atom stereocenters. The van der Waals surface area contributed by atoms with Gasteiger partial charge in [0.25, 0.3) is 0 Å². The van der Waals surface area contributed by atoms with Gasteiger partial charge in [-0.3, -0.25) is 9.98 Å². The van der Waals surface area contributed by atoms with Crippen LogP contribution in [0.5, 0.6) is 5.75 Å². The molecule has 152 valence electrons. The fourth-order valence-corrected chi connectivity index (χ4v) is 3.28. The first-order valence-electron chi connectivity index (χ1n) is 9.45. The van der Waals surface area contributed by atoms with Gasteiger partial charge in [-0.15, -0.1) is 24.0 Å². The number of nitrogens with one attached hydrogen (secondary N) is 1. The van der Waals surface area contributed by atoms with Crippen LogP contribution >= 0.6 is 24.0 Å². The summed E-state index contributed by atoms with van der Waals surface area (Å²) in [5.41, 5.74) is 3.51. The summed E-state index contributed by atoms with van der Waals surface area (Å²) in [5, 5.41) is 3.48. The average molecular weight is 495 g/mol. The third-order valence-electron chi connectivity index (χ3n) is 4.88. The zero-order chi connectivity index (χ0) is 19.1. The molecule has 2 heterocycles. The fraction of sp³-hybridized carbons (Fsp3) is 0.429. The zero-order valence-corrected chi connectivity index (χ0v) is 19.2. The van der Waals surface area contributed by atoms with Crippen LogP contribution in [0.2, 0.25) is 0 Å². The molecule has 0 spiro atoms. The molecule has 0 radical (unpaired) electrons. The number of halogens is 1. The van der Waals surface area contributed by atoms with Crippen molar-refractivity contribution >= 4 is 35.6 Å². The molecular weight excluding hydrogens is 465 g/mol. The Morgan fingerprint density at radius 1 is 1.18 bits per heavy atom. The number of hydrogen-bond acceptors (Lipinski definition) is 4. The van der Waals surface area contributed by atoms with Gasteiger partial charge in [-0.25, -0.2) is 0 Å². The summed E-state index contributed by atoms with van der Waals surface area (Å²) in [7, 11) is 3.56. The highest BCUT2D eigenvalue weighted by Gasteiger charge is 2.20. The Morgan fingerprint density at radius 2 is 1.96 bits per heavy atom. The molecule has 1 saturated heterocycles. The first-order chi connectivity index (χ1) is 13.2. The van der Waals surface area contributed by atoms with Crippen molar-refractivity contribution in [2.45, 2.75) is 13.3 Å². The van der Waals surface area contributed by atoms with Gasteiger partial charge in [-0.1, -0.05) is 12.1 Å². The number of guanidine groups is 1. The fourth-order valence-electron chi connectivity index (χ4n) is 3.28. The minimum absolute atomic E-state index is 0. The van der Waals surface area contributed by atoms with Gasteiger partial charge >= 0.3 is 0 Å². The lowest BCUT2D eigenvalue weighted by Gasteiger charge is -2.37. The van der Waals surface area contributed by atoms with E-state index in [1.54, 1.807) is 7.11 Å². The Kier molecular flexibility index (Phi) is 8.82. The second-order valence-corrected chi connectivity index (χ2v) is 6.71. The lowest BCUT2D eigenvalue weighted by molar-refractivity contribution is 0.372. The maximum absolute atomic E-state index is 5.34. The molecule has 0 bridgehead atoms. The Bertz CT molecular complexity index is 758. The number of ether oxygens (including phenoxy) is 1. The predicted octanol–water partition coefficient (Wildman–Crippen LogP) is 2.96. The lowest BCUT2D eigenvalue weighted by atomic mass is 10.2. The molecule has 1 N–H and O–H groups in total. The number of pyridine rings is 1. The third kappa shape index (κ3) is 5.98. The highest BCUT2D eigenvalue weighted by atomic mass is 127. The molecule has 1 fully saturated rings. The maximum atomic E-state index is 5.34. The largest absolute Gasteiger partial charge is 0.497 e. The molecule has 6 nitrogen and oxygen atoms in total. The topological polar surface area (TPSA) is 53.0 Å². The van der Waals surface area contributed by atoms with Crippen LogP contribution in [0.3, 0.4) is 0 Å². The number of aryl methyl sites for hydroxylation is 1. The van der Waals surface area contributed by atoms with Gasteiger partial charge in [-0.2, -0.15) is 0 Å². The summed E-state index contributed by atoms with van der Waals surface area (Å²) >= 11 is 0. The quantitative estimate of drug-likeness (QED) is 0.393. The number of rotatable bonds is 5. The number of hydrogen-bond donors (Lipinski definition) is 1. The van der Waals surface area contributed by atoms with Crippen LogP contribution in [0.4, 0.5) is 5.69 Å². The molecule has 0 saturated carbocycles. The van der Waals surface area contributed by atoms with Gasteiger partial charge in [0.2, 0.25) is 0 Å². The van der Waals surface area contributed by atoms with Crippen molar-refractivity contribution < 1.29 is 4.74 Å². The van der Waals surface area contributed by atoms with E-state index in [1.807, 2.05) is 32.3 Å². The first-order valence-corrected chi connectivity index (χ1v) is 9.45. The van der Waals surface area contributed by atoms with Gasteiger partial charge in [0, 0.05) is 63.4 Å². The number of piperazine rings is 1. The van der Waals surface area contributed by atoms with E-state index in [1.165, 1.54) is 11.3 Å². The number of methoxy groups -OCH3 is 1. The number of aliphatic imine (C=N–C) groups is 1. The second kappa shape index (κ2) is 11.1. The summed E-state index contributed by atoms with van der Waals surface area (Å²) in [4.78, 5) is 13.5. The van der Waals surface area contributed by atoms with E-state index in [4.69, 9.17) is 4.74 Å². The number of nitrogens with zero attached hydrogens (tertiary/aromatic N) is 4. The first kappa shape index (κ1) is 22.3. The number of aromatic nitrogens is 1. The minimum atomic E-state index is 0. The van der Waals surface area contributed by atoms with E-state index in [2.05, 4.69) is 49.4 Å². The van der Waals surface area contributed by atoms with Crippen LogP contribution in [0.1, 0.15) is 11.3 Å². The lowest BCUT2D eigenvalue weighted by Crippen LogP contribution is -2.52. The van der Waals surface area contributed by atoms with Crippen molar-refractivity contribution in [3.8, 4) is 5.75 Å². The molecule has 28 heavy (non-hydrogen) atoms. The van der Waals surface area contributed by atoms with Crippen LogP contribution < -0.4 is 15.0 Å². The summed E-state index contributed by atoms with van der Waals surface area (Å²) < 4.78 is 5.34. The summed E-state index contributed by atoms with van der Waals surface area (Å²) in [6.45, 7) is 6.69.